The van der Waals surface area contributed by atoms with Crippen molar-refractivity contribution in [2.75, 3.05) is 18.1 Å². The first-order valence-corrected chi connectivity index (χ1v) is 5.93. The lowest BCUT2D eigenvalue weighted by Crippen LogP contribution is -2.33. The van der Waals surface area contributed by atoms with E-state index in [0.717, 1.165) is 0 Å². The highest BCUT2D eigenvalue weighted by Crippen LogP contribution is 2.08. The summed E-state index contributed by atoms with van der Waals surface area (Å²) in [5, 5.41) is 2.53. The molecule has 0 radical (unpaired) electrons. The summed E-state index contributed by atoms with van der Waals surface area (Å²) in [5.41, 5.74) is 0. The molecule has 0 bridgehead atoms. The van der Waals surface area contributed by atoms with E-state index < -0.39 is 0 Å². The Balaban J connectivity index is 3.69. The van der Waals surface area contributed by atoms with Gasteiger partial charge in [0, 0.05) is 11.7 Å². The Morgan fingerprint density at radius 2 is 1.80 bits per heavy atom. The van der Waals surface area contributed by atoms with Crippen LogP contribution in [0.3, 0.4) is 0 Å². The second-order valence-electron chi connectivity index (χ2n) is 3.54. The second kappa shape index (κ2) is 7.45. The number of ketones is 2. The molecule has 0 spiro atoms. The molecule has 0 aromatic rings. The molecule has 0 aromatic heterocycles. The molecule has 0 aliphatic carbocycles. The third-order valence-corrected chi connectivity index (χ3v) is 2.98. The molecule has 86 valence electrons. The molecule has 0 aliphatic rings. The van der Waals surface area contributed by atoms with E-state index in [4.69, 9.17) is 0 Å². The van der Waals surface area contributed by atoms with Crippen LogP contribution in [0.25, 0.3) is 0 Å². The Bertz CT molecular complexity index is 253. The van der Waals surface area contributed by atoms with Gasteiger partial charge in [-0.25, -0.2) is 0 Å². The van der Waals surface area contributed by atoms with Crippen LogP contribution in [0.2, 0.25) is 0 Å². The van der Waals surface area contributed by atoms with Gasteiger partial charge in [-0.05, 0) is 13.8 Å². The number of carbonyl (C=O) groups is 3. The Morgan fingerprint density at radius 1 is 1.20 bits per heavy atom. The molecule has 15 heavy (non-hydrogen) atoms. The van der Waals surface area contributed by atoms with Crippen molar-refractivity contribution < 1.29 is 14.4 Å². The molecule has 0 heterocycles. The van der Waals surface area contributed by atoms with Gasteiger partial charge >= 0.3 is 0 Å². The Labute approximate surface area is 94.2 Å². The van der Waals surface area contributed by atoms with E-state index >= 15 is 0 Å². The van der Waals surface area contributed by atoms with Crippen LogP contribution < -0.4 is 5.32 Å². The maximum atomic E-state index is 11.4. The second-order valence-corrected chi connectivity index (χ2v) is 4.57. The molecule has 1 atom stereocenters. The lowest BCUT2D eigenvalue weighted by molar-refractivity contribution is -0.126. The van der Waals surface area contributed by atoms with Gasteiger partial charge in [0.15, 0.2) is 0 Å². The molecule has 0 saturated heterocycles. The highest BCUT2D eigenvalue weighted by molar-refractivity contribution is 7.99. The third-order valence-electron chi connectivity index (χ3n) is 1.63. The molecule has 4 nitrogen and oxygen atoms in total. The first kappa shape index (κ1) is 14.2. The number of thioether (sulfide) groups is 1. The molecule has 0 rings (SSSR count). The minimum atomic E-state index is -0.173. The van der Waals surface area contributed by atoms with E-state index in [1.54, 1.807) is 6.92 Å². The fraction of sp³-hybridized carbons (Fsp3) is 0.700. The van der Waals surface area contributed by atoms with Crippen molar-refractivity contribution in [3.8, 4) is 0 Å². The van der Waals surface area contributed by atoms with Crippen LogP contribution in [0, 0.1) is 5.92 Å². The number of carbonyl (C=O) groups excluding carboxylic acids is 3. The van der Waals surface area contributed by atoms with Gasteiger partial charge in [0.1, 0.15) is 11.6 Å². The van der Waals surface area contributed by atoms with Gasteiger partial charge in [-0.15, -0.1) is 0 Å². The van der Waals surface area contributed by atoms with Crippen molar-refractivity contribution in [2.24, 2.45) is 5.92 Å². The maximum Gasteiger partial charge on any atom is 0.224 e. The molecule has 0 aliphatic heterocycles. The highest BCUT2D eigenvalue weighted by atomic mass is 32.2. The van der Waals surface area contributed by atoms with Crippen LogP contribution in [-0.4, -0.2) is 35.5 Å². The average Bonchev–Trinajstić information content (AvgIpc) is 2.13. The summed E-state index contributed by atoms with van der Waals surface area (Å²) in [6.45, 7) is 4.81. The van der Waals surface area contributed by atoms with Gasteiger partial charge in [0.25, 0.3) is 0 Å². The van der Waals surface area contributed by atoms with Crippen molar-refractivity contribution in [1.29, 1.82) is 0 Å². The van der Waals surface area contributed by atoms with Crippen molar-refractivity contribution >= 4 is 29.2 Å². The fourth-order valence-electron chi connectivity index (χ4n) is 0.841. The number of hydrogen-bond donors (Lipinski definition) is 1. The van der Waals surface area contributed by atoms with Crippen molar-refractivity contribution in [3.05, 3.63) is 0 Å². The fourth-order valence-corrected chi connectivity index (χ4v) is 1.75. The Morgan fingerprint density at radius 3 is 2.27 bits per heavy atom. The summed E-state index contributed by atoms with van der Waals surface area (Å²) in [4.78, 5) is 32.6. The van der Waals surface area contributed by atoms with Gasteiger partial charge in [0.05, 0.1) is 12.3 Å². The lowest BCUT2D eigenvalue weighted by atomic mass is 10.2. The SMILES string of the molecule is CC(=O)CNC(=O)[C@@H](C)CSCC(C)=O. The van der Waals surface area contributed by atoms with Crippen LogP contribution in [0.4, 0.5) is 0 Å². The molecular formula is C10H17NO3S. The summed E-state index contributed by atoms with van der Waals surface area (Å²) >= 11 is 1.44. The van der Waals surface area contributed by atoms with Crippen molar-refractivity contribution in [1.82, 2.24) is 5.32 Å². The molecule has 0 saturated carbocycles. The number of Topliss-reactive ketones (excluding diaryl/α,β-unsaturated/α-hetero) is 2. The monoisotopic (exact) mass is 231 g/mol. The number of nitrogens with one attached hydrogen (secondary N) is 1. The first-order chi connectivity index (χ1) is 6.93. The minimum Gasteiger partial charge on any atom is -0.349 e. The summed E-state index contributed by atoms with van der Waals surface area (Å²) in [5.74, 6) is 0.770. The van der Waals surface area contributed by atoms with Crippen molar-refractivity contribution in [3.63, 3.8) is 0 Å². The molecule has 0 unspecified atom stereocenters. The van der Waals surface area contributed by atoms with E-state index in [2.05, 4.69) is 5.32 Å². The third kappa shape index (κ3) is 8.17. The van der Waals surface area contributed by atoms with Crippen LogP contribution in [0.1, 0.15) is 20.8 Å². The van der Waals surface area contributed by atoms with Crippen LogP contribution in [-0.2, 0) is 14.4 Å². The van der Waals surface area contributed by atoms with Crippen LogP contribution in [0.5, 0.6) is 0 Å². The van der Waals surface area contributed by atoms with Gasteiger partial charge < -0.3 is 5.32 Å². The quantitative estimate of drug-likeness (QED) is 0.699. The highest BCUT2D eigenvalue weighted by Gasteiger charge is 2.12. The van der Waals surface area contributed by atoms with E-state index in [9.17, 15) is 14.4 Å². The van der Waals surface area contributed by atoms with E-state index in [1.807, 2.05) is 0 Å². The molecule has 5 heteroatoms. The van der Waals surface area contributed by atoms with Crippen LogP contribution >= 0.6 is 11.8 Å². The van der Waals surface area contributed by atoms with Gasteiger partial charge in [-0.2, -0.15) is 11.8 Å². The molecular weight excluding hydrogens is 214 g/mol. The van der Waals surface area contributed by atoms with Crippen LogP contribution in [0.15, 0.2) is 0 Å². The molecule has 1 amide bonds. The Kier molecular flexibility index (Phi) is 7.03. The summed E-state index contributed by atoms with van der Waals surface area (Å²) in [6.07, 6.45) is 0. The molecule has 0 fully saturated rings. The number of rotatable bonds is 7. The van der Waals surface area contributed by atoms with E-state index in [-0.39, 0.29) is 29.9 Å². The Hall–Kier alpha value is -0.840. The standard InChI is InChI=1S/C10H17NO3S/c1-7(5-15-6-9(3)13)10(14)11-4-8(2)12/h7H,4-6H2,1-3H3,(H,11,14)/t7-/m0/s1. The predicted molar refractivity (Wildman–Crippen MR) is 60.9 cm³/mol. The summed E-state index contributed by atoms with van der Waals surface area (Å²) in [6, 6.07) is 0. The normalized spacial score (nSPS) is 11.9. The summed E-state index contributed by atoms with van der Waals surface area (Å²) < 4.78 is 0. The zero-order valence-corrected chi connectivity index (χ0v) is 10.1. The average molecular weight is 231 g/mol. The van der Waals surface area contributed by atoms with Gasteiger partial charge in [0.2, 0.25) is 5.91 Å². The minimum absolute atomic E-state index is 0.0630. The smallest absolute Gasteiger partial charge is 0.224 e. The first-order valence-electron chi connectivity index (χ1n) is 4.77. The van der Waals surface area contributed by atoms with Gasteiger partial charge in [-0.3, -0.25) is 14.4 Å². The summed E-state index contributed by atoms with van der Waals surface area (Å²) in [7, 11) is 0. The zero-order chi connectivity index (χ0) is 11.8. The topological polar surface area (TPSA) is 63.2 Å². The lowest BCUT2D eigenvalue weighted by Gasteiger charge is -2.10. The molecule has 1 N–H and O–H groups in total. The van der Waals surface area contributed by atoms with E-state index in [1.165, 1.54) is 25.6 Å². The van der Waals surface area contributed by atoms with Crippen molar-refractivity contribution in [2.45, 2.75) is 20.8 Å². The molecule has 0 aromatic carbocycles. The van der Waals surface area contributed by atoms with Gasteiger partial charge in [-0.1, -0.05) is 6.92 Å². The zero-order valence-electron chi connectivity index (χ0n) is 9.33. The maximum absolute atomic E-state index is 11.4. The largest absolute Gasteiger partial charge is 0.349 e. The predicted octanol–water partition coefficient (Wildman–Crippen LogP) is 0.650. The number of amides is 1. The van der Waals surface area contributed by atoms with E-state index in [0.29, 0.717) is 11.5 Å². The number of hydrogen-bond acceptors (Lipinski definition) is 4.